The molecule has 1 saturated heterocycles. The van der Waals surface area contributed by atoms with Gasteiger partial charge in [0.05, 0.1) is 12.7 Å². The second-order valence-corrected chi connectivity index (χ2v) is 8.49. The summed E-state index contributed by atoms with van der Waals surface area (Å²) in [7, 11) is 0. The first kappa shape index (κ1) is 18.2. The van der Waals surface area contributed by atoms with Crippen LogP contribution in [-0.4, -0.2) is 30.7 Å². The molecule has 1 aliphatic carbocycles. The quantitative estimate of drug-likeness (QED) is 0.762. The first-order valence-electron chi connectivity index (χ1n) is 9.84. The fraction of sp³-hybridized carbons (Fsp3) is 0.364. The predicted molar refractivity (Wildman–Crippen MR) is 114 cm³/mol. The van der Waals surface area contributed by atoms with E-state index in [4.69, 9.17) is 27.9 Å². The minimum Gasteiger partial charge on any atom is -0.484 e. The molecule has 5 rings (SSSR count). The number of nitrogens with zero attached hydrogens (tertiary/aromatic N) is 2. The number of rotatable bonds is 4. The van der Waals surface area contributed by atoms with Crippen LogP contribution in [0, 0.1) is 0 Å². The summed E-state index contributed by atoms with van der Waals surface area (Å²) in [5.41, 5.74) is 3.45. The van der Waals surface area contributed by atoms with E-state index in [-0.39, 0.29) is 6.10 Å². The highest BCUT2D eigenvalue weighted by molar-refractivity contribution is 6.35. The fourth-order valence-electron chi connectivity index (χ4n) is 4.54. The molecule has 6 heteroatoms. The minimum atomic E-state index is -0.0523. The number of likely N-dealkylation sites (tertiary alicyclic amines) is 1. The van der Waals surface area contributed by atoms with Crippen LogP contribution in [0.4, 0.5) is 5.69 Å². The maximum atomic E-state index is 6.54. The Hall–Kier alpha value is -1.88. The Balaban J connectivity index is 1.43. The van der Waals surface area contributed by atoms with Gasteiger partial charge >= 0.3 is 0 Å². The Kier molecular flexibility index (Phi) is 4.87. The van der Waals surface area contributed by atoms with Crippen LogP contribution in [0.2, 0.25) is 10.0 Å². The maximum absolute atomic E-state index is 6.54. The average molecular weight is 416 g/mol. The minimum absolute atomic E-state index is 0.0523. The third-order valence-corrected chi connectivity index (χ3v) is 6.49. The van der Waals surface area contributed by atoms with Crippen molar-refractivity contribution in [2.24, 2.45) is 0 Å². The van der Waals surface area contributed by atoms with E-state index in [1.54, 1.807) is 0 Å². The predicted octanol–water partition coefficient (Wildman–Crippen LogP) is 4.97. The molecule has 2 aliphatic heterocycles. The summed E-state index contributed by atoms with van der Waals surface area (Å²) in [5, 5.41) is 4.61. The molecule has 3 aliphatic rings. The standard InChI is InChI=1S/C22H23Cl2N3O/c23-15-11-19-18(20(24)12-15)13-21(26-8-1-2-9-26)22(19)28-17-5-3-16(4-6-17)27-10-7-25-14-27/h3-7,10-12,21-22,25H,1-2,8-9,13-14H2/t21-,22-/m0/s1. The Morgan fingerprint density at radius 2 is 1.82 bits per heavy atom. The van der Waals surface area contributed by atoms with Crippen molar-refractivity contribution >= 4 is 28.9 Å². The van der Waals surface area contributed by atoms with Gasteiger partial charge in [-0.3, -0.25) is 4.90 Å². The van der Waals surface area contributed by atoms with Gasteiger partial charge in [-0.1, -0.05) is 23.2 Å². The zero-order chi connectivity index (χ0) is 19.1. The lowest BCUT2D eigenvalue weighted by Gasteiger charge is -2.30. The topological polar surface area (TPSA) is 27.7 Å². The Morgan fingerprint density at radius 3 is 2.54 bits per heavy atom. The molecular weight excluding hydrogens is 393 g/mol. The van der Waals surface area contributed by atoms with Crippen LogP contribution >= 0.6 is 23.2 Å². The van der Waals surface area contributed by atoms with Gasteiger partial charge in [0.15, 0.2) is 0 Å². The van der Waals surface area contributed by atoms with Crippen molar-refractivity contribution < 1.29 is 4.74 Å². The first-order valence-corrected chi connectivity index (χ1v) is 10.6. The van der Waals surface area contributed by atoms with Crippen LogP contribution in [-0.2, 0) is 6.42 Å². The van der Waals surface area contributed by atoms with E-state index in [1.165, 1.54) is 18.4 Å². The fourth-order valence-corrected chi connectivity index (χ4v) is 5.12. The first-order chi connectivity index (χ1) is 13.7. The summed E-state index contributed by atoms with van der Waals surface area (Å²) in [5.74, 6) is 0.873. The van der Waals surface area contributed by atoms with E-state index in [0.717, 1.165) is 48.2 Å². The maximum Gasteiger partial charge on any atom is 0.140 e. The van der Waals surface area contributed by atoms with Crippen molar-refractivity contribution in [3.05, 3.63) is 70.0 Å². The van der Waals surface area contributed by atoms with E-state index < -0.39 is 0 Å². The molecule has 2 heterocycles. The van der Waals surface area contributed by atoms with E-state index in [0.29, 0.717) is 11.1 Å². The molecule has 1 N–H and O–H groups in total. The molecule has 28 heavy (non-hydrogen) atoms. The summed E-state index contributed by atoms with van der Waals surface area (Å²) in [6.07, 6.45) is 7.35. The number of hydrogen-bond donors (Lipinski definition) is 1. The van der Waals surface area contributed by atoms with Crippen molar-refractivity contribution in [2.75, 3.05) is 24.7 Å². The van der Waals surface area contributed by atoms with Crippen molar-refractivity contribution in [3.8, 4) is 5.75 Å². The third kappa shape index (κ3) is 3.34. The summed E-state index contributed by atoms with van der Waals surface area (Å²) < 4.78 is 6.54. The molecule has 2 aromatic carbocycles. The molecule has 0 spiro atoms. The van der Waals surface area contributed by atoms with E-state index in [9.17, 15) is 0 Å². The van der Waals surface area contributed by atoms with Crippen LogP contribution in [0.1, 0.15) is 30.1 Å². The Bertz CT molecular complexity index is 893. The molecule has 0 radical (unpaired) electrons. The van der Waals surface area contributed by atoms with Crippen molar-refractivity contribution in [1.29, 1.82) is 0 Å². The molecule has 2 aromatic rings. The van der Waals surface area contributed by atoms with E-state index in [2.05, 4.69) is 27.2 Å². The molecular formula is C22H23Cl2N3O. The van der Waals surface area contributed by atoms with Gasteiger partial charge in [-0.15, -0.1) is 0 Å². The van der Waals surface area contributed by atoms with Gasteiger partial charge in [0.25, 0.3) is 0 Å². The number of fused-ring (bicyclic) bond motifs is 1. The largest absolute Gasteiger partial charge is 0.484 e. The summed E-state index contributed by atoms with van der Waals surface area (Å²) in [6.45, 7) is 3.04. The second kappa shape index (κ2) is 7.51. The molecule has 0 amide bonds. The van der Waals surface area contributed by atoms with Crippen molar-refractivity contribution in [2.45, 2.75) is 31.4 Å². The molecule has 0 aromatic heterocycles. The zero-order valence-corrected chi connectivity index (χ0v) is 17.1. The summed E-state index contributed by atoms with van der Waals surface area (Å²) in [4.78, 5) is 4.70. The number of hydrogen-bond acceptors (Lipinski definition) is 4. The van der Waals surface area contributed by atoms with Crippen LogP contribution in [0.3, 0.4) is 0 Å². The molecule has 0 saturated carbocycles. The smallest absolute Gasteiger partial charge is 0.140 e. The summed E-state index contributed by atoms with van der Waals surface area (Å²) in [6, 6.07) is 12.5. The molecule has 0 unspecified atom stereocenters. The lowest BCUT2D eigenvalue weighted by molar-refractivity contribution is 0.0941. The van der Waals surface area contributed by atoms with Crippen LogP contribution in [0.15, 0.2) is 48.8 Å². The average Bonchev–Trinajstić information content (AvgIpc) is 3.44. The molecule has 2 atom stereocenters. The van der Waals surface area contributed by atoms with Gasteiger partial charge in [0.1, 0.15) is 11.9 Å². The number of ether oxygens (including phenoxy) is 1. The molecule has 0 bridgehead atoms. The molecule has 1 fully saturated rings. The highest BCUT2D eigenvalue weighted by atomic mass is 35.5. The monoisotopic (exact) mass is 415 g/mol. The number of nitrogens with one attached hydrogen (secondary N) is 1. The third-order valence-electron chi connectivity index (χ3n) is 5.94. The second-order valence-electron chi connectivity index (χ2n) is 7.65. The van der Waals surface area contributed by atoms with Gasteiger partial charge in [-0.05, 0) is 74.3 Å². The van der Waals surface area contributed by atoms with Gasteiger partial charge in [0, 0.05) is 33.7 Å². The van der Waals surface area contributed by atoms with Gasteiger partial charge < -0.3 is 15.0 Å². The van der Waals surface area contributed by atoms with Crippen molar-refractivity contribution in [3.63, 3.8) is 0 Å². The number of anilines is 1. The van der Waals surface area contributed by atoms with Gasteiger partial charge in [-0.25, -0.2) is 0 Å². The normalized spacial score (nSPS) is 23.9. The van der Waals surface area contributed by atoms with Gasteiger partial charge in [-0.2, -0.15) is 0 Å². The Morgan fingerprint density at radius 1 is 1.04 bits per heavy atom. The van der Waals surface area contributed by atoms with E-state index in [1.807, 2.05) is 36.7 Å². The lowest BCUT2D eigenvalue weighted by atomic mass is 10.1. The van der Waals surface area contributed by atoms with Crippen LogP contribution < -0.4 is 15.0 Å². The number of benzene rings is 2. The van der Waals surface area contributed by atoms with Crippen LogP contribution in [0.25, 0.3) is 0 Å². The highest BCUT2D eigenvalue weighted by Crippen LogP contribution is 2.43. The molecule has 146 valence electrons. The van der Waals surface area contributed by atoms with E-state index >= 15 is 0 Å². The SMILES string of the molecule is Clc1cc(Cl)c2c(c1)[C@H](Oc1ccc(N3C=CNC3)cc1)[C@@H](N1CCCC1)C2. The van der Waals surface area contributed by atoms with Crippen LogP contribution in [0.5, 0.6) is 5.75 Å². The number of halogens is 2. The lowest BCUT2D eigenvalue weighted by Crippen LogP contribution is -2.38. The summed E-state index contributed by atoms with van der Waals surface area (Å²) >= 11 is 12.9. The molecule has 4 nitrogen and oxygen atoms in total. The van der Waals surface area contributed by atoms with Gasteiger partial charge in [0.2, 0.25) is 0 Å². The Labute approximate surface area is 175 Å². The zero-order valence-electron chi connectivity index (χ0n) is 15.6. The highest BCUT2D eigenvalue weighted by Gasteiger charge is 2.40. The van der Waals surface area contributed by atoms with Crippen molar-refractivity contribution in [1.82, 2.24) is 10.2 Å².